The predicted octanol–water partition coefficient (Wildman–Crippen LogP) is 2.38. The number of rotatable bonds is 8. The van der Waals surface area contributed by atoms with Crippen molar-refractivity contribution in [1.82, 2.24) is 0 Å². The van der Waals surface area contributed by atoms with Gasteiger partial charge in [-0.3, -0.25) is 0 Å². The van der Waals surface area contributed by atoms with Crippen molar-refractivity contribution < 1.29 is 14.2 Å². The highest BCUT2D eigenvalue weighted by Crippen LogP contribution is 2.40. The minimum atomic E-state index is 0.576. The smallest absolute Gasteiger partial charge is 0.203 e. The normalized spacial score (nSPS) is 10.2. The second kappa shape index (κ2) is 7.82. The average molecular weight is 253 g/mol. The quantitative estimate of drug-likeness (QED) is 0.773. The summed E-state index contributed by atoms with van der Waals surface area (Å²) in [5, 5.41) is 0. The van der Waals surface area contributed by atoms with Gasteiger partial charge in [0.2, 0.25) is 5.75 Å². The Morgan fingerprint density at radius 1 is 0.889 bits per heavy atom. The topological polar surface area (TPSA) is 53.7 Å². The van der Waals surface area contributed by atoms with E-state index in [1.165, 1.54) is 0 Å². The average Bonchev–Trinajstić information content (AvgIpc) is 2.37. The Hall–Kier alpha value is -1.42. The molecule has 0 bridgehead atoms. The van der Waals surface area contributed by atoms with Crippen molar-refractivity contribution in [3.63, 3.8) is 0 Å². The van der Waals surface area contributed by atoms with Crippen molar-refractivity contribution in [3.8, 4) is 17.2 Å². The van der Waals surface area contributed by atoms with Crippen LogP contribution in [-0.2, 0) is 6.42 Å². The van der Waals surface area contributed by atoms with Crippen LogP contribution in [0.2, 0.25) is 0 Å². The van der Waals surface area contributed by atoms with Crippen molar-refractivity contribution in [1.29, 1.82) is 0 Å². The van der Waals surface area contributed by atoms with Crippen LogP contribution in [0, 0.1) is 0 Å². The molecule has 0 amide bonds. The molecule has 0 aliphatic rings. The Kier molecular flexibility index (Phi) is 6.36. The van der Waals surface area contributed by atoms with Crippen molar-refractivity contribution in [3.05, 3.63) is 17.7 Å². The maximum absolute atomic E-state index is 5.70. The lowest BCUT2D eigenvalue weighted by Crippen LogP contribution is -2.08. The molecule has 1 aromatic rings. The molecule has 4 nitrogen and oxygen atoms in total. The van der Waals surface area contributed by atoms with E-state index < -0.39 is 0 Å². The summed E-state index contributed by atoms with van der Waals surface area (Å²) in [6.45, 7) is 8.20. The van der Waals surface area contributed by atoms with Crippen LogP contribution < -0.4 is 19.9 Å². The number of hydrogen-bond donors (Lipinski definition) is 1. The predicted molar refractivity (Wildman–Crippen MR) is 72.7 cm³/mol. The first-order chi connectivity index (χ1) is 8.78. The van der Waals surface area contributed by atoms with Crippen LogP contribution in [0.3, 0.4) is 0 Å². The van der Waals surface area contributed by atoms with E-state index in [4.69, 9.17) is 19.9 Å². The van der Waals surface area contributed by atoms with Crippen LogP contribution >= 0.6 is 0 Å². The zero-order chi connectivity index (χ0) is 13.4. The van der Waals surface area contributed by atoms with Gasteiger partial charge in [-0.2, -0.15) is 0 Å². The van der Waals surface area contributed by atoms with E-state index in [1.54, 1.807) is 0 Å². The van der Waals surface area contributed by atoms with Gasteiger partial charge in [-0.25, -0.2) is 0 Å². The standard InChI is InChI=1S/C14H23NO3/c1-4-16-12-8-7-11(9-10-15)13(17-5-2)14(12)18-6-3/h7-8H,4-6,9-10,15H2,1-3H3. The fraction of sp³-hybridized carbons (Fsp3) is 0.571. The summed E-state index contributed by atoms with van der Waals surface area (Å²) in [6, 6.07) is 3.91. The van der Waals surface area contributed by atoms with E-state index in [9.17, 15) is 0 Å². The van der Waals surface area contributed by atoms with Crippen LogP contribution in [0.15, 0.2) is 12.1 Å². The molecule has 0 unspecified atom stereocenters. The van der Waals surface area contributed by atoms with Gasteiger partial charge in [-0.05, 0) is 45.4 Å². The first-order valence-corrected chi connectivity index (χ1v) is 6.52. The highest BCUT2D eigenvalue weighted by atomic mass is 16.5. The Bertz CT molecular complexity index is 331. The number of nitrogens with two attached hydrogens (primary N) is 1. The van der Waals surface area contributed by atoms with Crippen molar-refractivity contribution >= 4 is 0 Å². The molecule has 0 aromatic heterocycles. The van der Waals surface area contributed by atoms with Crippen LogP contribution in [0.5, 0.6) is 17.2 Å². The highest BCUT2D eigenvalue weighted by molar-refractivity contribution is 5.56. The summed E-state index contributed by atoms with van der Waals surface area (Å²) in [5.41, 5.74) is 6.68. The van der Waals surface area contributed by atoms with Gasteiger partial charge in [0.15, 0.2) is 11.5 Å². The molecule has 0 heterocycles. The lowest BCUT2D eigenvalue weighted by atomic mass is 10.1. The largest absolute Gasteiger partial charge is 0.490 e. The van der Waals surface area contributed by atoms with Gasteiger partial charge < -0.3 is 19.9 Å². The van der Waals surface area contributed by atoms with Gasteiger partial charge in [0, 0.05) is 0 Å². The van der Waals surface area contributed by atoms with Gasteiger partial charge in [-0.15, -0.1) is 0 Å². The number of hydrogen-bond acceptors (Lipinski definition) is 4. The summed E-state index contributed by atoms with van der Waals surface area (Å²) in [7, 11) is 0. The molecular weight excluding hydrogens is 230 g/mol. The summed E-state index contributed by atoms with van der Waals surface area (Å²) in [5.74, 6) is 2.17. The van der Waals surface area contributed by atoms with Crippen molar-refractivity contribution in [2.24, 2.45) is 5.73 Å². The maximum Gasteiger partial charge on any atom is 0.203 e. The van der Waals surface area contributed by atoms with Gasteiger partial charge in [0.05, 0.1) is 19.8 Å². The minimum Gasteiger partial charge on any atom is -0.490 e. The minimum absolute atomic E-state index is 0.576. The third-order valence-corrected chi connectivity index (χ3v) is 2.45. The van der Waals surface area contributed by atoms with Crippen LogP contribution in [0.1, 0.15) is 26.3 Å². The SMILES string of the molecule is CCOc1ccc(CCN)c(OCC)c1OCC. The first kappa shape index (κ1) is 14.6. The molecule has 0 aliphatic carbocycles. The van der Waals surface area contributed by atoms with Crippen LogP contribution in [-0.4, -0.2) is 26.4 Å². The van der Waals surface area contributed by atoms with E-state index in [0.717, 1.165) is 23.5 Å². The Morgan fingerprint density at radius 2 is 1.50 bits per heavy atom. The summed E-state index contributed by atoms with van der Waals surface area (Å²) < 4.78 is 16.9. The van der Waals surface area contributed by atoms with E-state index in [0.29, 0.717) is 32.1 Å². The molecule has 102 valence electrons. The number of benzene rings is 1. The monoisotopic (exact) mass is 253 g/mol. The molecule has 1 aromatic carbocycles. The van der Waals surface area contributed by atoms with Crippen molar-refractivity contribution in [2.75, 3.05) is 26.4 Å². The molecule has 2 N–H and O–H groups in total. The zero-order valence-electron chi connectivity index (χ0n) is 11.5. The summed E-state index contributed by atoms with van der Waals surface area (Å²) in [6.07, 6.45) is 0.766. The molecule has 0 radical (unpaired) electrons. The van der Waals surface area contributed by atoms with E-state index in [1.807, 2.05) is 32.9 Å². The molecule has 0 atom stereocenters. The maximum atomic E-state index is 5.70. The molecule has 0 aliphatic heterocycles. The fourth-order valence-corrected chi connectivity index (χ4v) is 1.79. The molecule has 1 rings (SSSR count). The van der Waals surface area contributed by atoms with E-state index in [-0.39, 0.29) is 0 Å². The van der Waals surface area contributed by atoms with Gasteiger partial charge in [0.25, 0.3) is 0 Å². The number of ether oxygens (including phenoxy) is 3. The van der Waals surface area contributed by atoms with E-state index in [2.05, 4.69) is 0 Å². The first-order valence-electron chi connectivity index (χ1n) is 6.52. The second-order valence-electron chi connectivity index (χ2n) is 3.72. The molecular formula is C14H23NO3. The highest BCUT2D eigenvalue weighted by Gasteiger charge is 2.16. The second-order valence-corrected chi connectivity index (χ2v) is 3.72. The summed E-state index contributed by atoms with van der Waals surface area (Å²) in [4.78, 5) is 0. The third kappa shape index (κ3) is 3.53. The van der Waals surface area contributed by atoms with Gasteiger partial charge >= 0.3 is 0 Å². The molecule has 0 saturated carbocycles. The molecule has 0 spiro atoms. The van der Waals surface area contributed by atoms with E-state index >= 15 is 0 Å². The zero-order valence-corrected chi connectivity index (χ0v) is 11.5. The van der Waals surface area contributed by atoms with Crippen molar-refractivity contribution in [2.45, 2.75) is 27.2 Å². The summed E-state index contributed by atoms with van der Waals surface area (Å²) >= 11 is 0. The lowest BCUT2D eigenvalue weighted by molar-refractivity contribution is 0.259. The molecule has 4 heteroatoms. The lowest BCUT2D eigenvalue weighted by Gasteiger charge is -2.18. The fourth-order valence-electron chi connectivity index (χ4n) is 1.79. The van der Waals surface area contributed by atoms with Gasteiger partial charge in [-0.1, -0.05) is 6.07 Å². The molecule has 18 heavy (non-hydrogen) atoms. The Labute approximate surface area is 109 Å². The van der Waals surface area contributed by atoms with Crippen LogP contribution in [0.25, 0.3) is 0 Å². The van der Waals surface area contributed by atoms with Crippen LogP contribution in [0.4, 0.5) is 0 Å². The molecule has 0 saturated heterocycles. The Morgan fingerprint density at radius 3 is 2.06 bits per heavy atom. The molecule has 0 fully saturated rings. The van der Waals surface area contributed by atoms with Gasteiger partial charge in [0.1, 0.15) is 0 Å². The third-order valence-electron chi connectivity index (χ3n) is 2.45. The Balaban J connectivity index is 3.19.